The summed E-state index contributed by atoms with van der Waals surface area (Å²) in [6.45, 7) is 6.90. The number of nitrogens with zero attached hydrogens (tertiary/aromatic N) is 1. The normalized spacial score (nSPS) is 12.4. The summed E-state index contributed by atoms with van der Waals surface area (Å²) >= 11 is 6.14. The van der Waals surface area contributed by atoms with Gasteiger partial charge in [0.15, 0.2) is 0 Å². The van der Waals surface area contributed by atoms with Crippen molar-refractivity contribution in [3.05, 3.63) is 63.7 Å². The Bertz CT molecular complexity index is 608. The lowest BCUT2D eigenvalue weighted by atomic mass is 9.98. The first-order valence-electron chi connectivity index (χ1n) is 7.12. The second kappa shape index (κ2) is 7.01. The maximum atomic E-state index is 13.2. The predicted octanol–water partition coefficient (Wildman–Crippen LogP) is 4.38. The monoisotopic (exact) mass is 306 g/mol. The maximum Gasteiger partial charge on any atom is 0.124 e. The highest BCUT2D eigenvalue weighted by molar-refractivity contribution is 6.31. The molecule has 0 bridgehead atoms. The van der Waals surface area contributed by atoms with Gasteiger partial charge in [-0.2, -0.15) is 0 Å². The third kappa shape index (κ3) is 4.26. The molecule has 0 aliphatic rings. The molecule has 1 aromatic heterocycles. The minimum atomic E-state index is -0.306. The molecular weight excluding hydrogens is 287 g/mol. The fourth-order valence-corrected chi connectivity index (χ4v) is 2.77. The van der Waals surface area contributed by atoms with E-state index in [4.69, 9.17) is 11.6 Å². The number of benzene rings is 1. The van der Waals surface area contributed by atoms with Gasteiger partial charge in [0.25, 0.3) is 0 Å². The molecule has 1 heterocycles. The van der Waals surface area contributed by atoms with Crippen LogP contribution in [-0.4, -0.2) is 11.5 Å². The number of hydrogen-bond donors (Lipinski definition) is 1. The number of likely N-dealkylation sites (N-methyl/N-ethyl adjacent to an activating group) is 1. The Kier molecular flexibility index (Phi) is 5.32. The Morgan fingerprint density at radius 2 is 1.86 bits per heavy atom. The van der Waals surface area contributed by atoms with E-state index in [1.807, 2.05) is 13.8 Å². The van der Waals surface area contributed by atoms with Gasteiger partial charge in [0.1, 0.15) is 5.82 Å². The summed E-state index contributed by atoms with van der Waals surface area (Å²) in [6.07, 6.45) is 0.718. The van der Waals surface area contributed by atoms with Crippen molar-refractivity contribution >= 4 is 11.6 Å². The van der Waals surface area contributed by atoms with E-state index in [0.717, 1.165) is 29.9 Å². The minimum absolute atomic E-state index is 0.137. The number of nitrogens with one attached hydrogen (secondary N) is 1. The molecule has 1 aromatic carbocycles. The van der Waals surface area contributed by atoms with Crippen molar-refractivity contribution < 1.29 is 4.39 Å². The van der Waals surface area contributed by atoms with Gasteiger partial charge < -0.3 is 5.32 Å². The van der Waals surface area contributed by atoms with Gasteiger partial charge in [0.05, 0.1) is 0 Å². The molecular formula is C17H20ClFN2. The molecule has 1 unspecified atom stereocenters. The number of hydrogen-bond acceptors (Lipinski definition) is 2. The first-order valence-corrected chi connectivity index (χ1v) is 7.50. The van der Waals surface area contributed by atoms with Crippen molar-refractivity contribution in [1.29, 1.82) is 0 Å². The van der Waals surface area contributed by atoms with Crippen LogP contribution >= 0.6 is 11.6 Å². The zero-order valence-electron chi connectivity index (χ0n) is 12.6. The van der Waals surface area contributed by atoms with Crippen LogP contribution in [0.4, 0.5) is 4.39 Å². The van der Waals surface area contributed by atoms with Crippen molar-refractivity contribution in [2.24, 2.45) is 0 Å². The summed E-state index contributed by atoms with van der Waals surface area (Å²) in [4.78, 5) is 4.41. The summed E-state index contributed by atoms with van der Waals surface area (Å²) in [5.74, 6) is -0.306. The summed E-state index contributed by atoms with van der Waals surface area (Å²) in [7, 11) is 0. The van der Waals surface area contributed by atoms with Gasteiger partial charge in [-0.25, -0.2) is 4.39 Å². The molecule has 0 aliphatic heterocycles. The Hall–Kier alpha value is -1.45. The van der Waals surface area contributed by atoms with Gasteiger partial charge in [-0.05, 0) is 62.2 Å². The van der Waals surface area contributed by atoms with Crippen molar-refractivity contribution in [3.8, 4) is 0 Å². The molecule has 0 saturated heterocycles. The molecule has 0 saturated carbocycles. The van der Waals surface area contributed by atoms with Gasteiger partial charge in [-0.15, -0.1) is 0 Å². The van der Waals surface area contributed by atoms with Gasteiger partial charge >= 0.3 is 0 Å². The summed E-state index contributed by atoms with van der Waals surface area (Å²) in [6, 6.07) is 8.87. The average molecular weight is 307 g/mol. The van der Waals surface area contributed by atoms with E-state index in [0.29, 0.717) is 5.02 Å². The van der Waals surface area contributed by atoms with E-state index < -0.39 is 0 Å². The largest absolute Gasteiger partial charge is 0.310 e. The molecule has 4 heteroatoms. The molecule has 0 fully saturated rings. The summed E-state index contributed by atoms with van der Waals surface area (Å²) in [5, 5.41) is 3.94. The lowest BCUT2D eigenvalue weighted by molar-refractivity contribution is 0.547. The predicted molar refractivity (Wildman–Crippen MR) is 85.2 cm³/mol. The average Bonchev–Trinajstić information content (AvgIpc) is 2.40. The highest BCUT2D eigenvalue weighted by atomic mass is 35.5. The van der Waals surface area contributed by atoms with Gasteiger partial charge in [-0.1, -0.05) is 24.6 Å². The Morgan fingerprint density at radius 3 is 2.43 bits per heavy atom. The second-order valence-electron chi connectivity index (χ2n) is 5.23. The van der Waals surface area contributed by atoms with Crippen molar-refractivity contribution in [1.82, 2.24) is 10.3 Å². The SMILES string of the molecule is CCNC(Cc1ccc(F)cc1Cl)c1cc(C)nc(C)c1. The van der Waals surface area contributed by atoms with Crippen LogP contribution in [0.2, 0.25) is 5.02 Å². The van der Waals surface area contributed by atoms with Crippen LogP contribution in [0.15, 0.2) is 30.3 Å². The van der Waals surface area contributed by atoms with Crippen LogP contribution in [-0.2, 0) is 6.42 Å². The summed E-state index contributed by atoms with van der Waals surface area (Å²) < 4.78 is 13.2. The molecule has 0 radical (unpaired) electrons. The molecule has 21 heavy (non-hydrogen) atoms. The molecule has 0 spiro atoms. The minimum Gasteiger partial charge on any atom is -0.310 e. The van der Waals surface area contributed by atoms with Crippen LogP contribution in [0.1, 0.15) is 35.5 Å². The van der Waals surface area contributed by atoms with E-state index in [2.05, 4.69) is 29.4 Å². The number of aryl methyl sites for hydroxylation is 2. The van der Waals surface area contributed by atoms with E-state index >= 15 is 0 Å². The molecule has 2 rings (SSSR count). The Labute approximate surface area is 130 Å². The van der Waals surface area contributed by atoms with Crippen LogP contribution < -0.4 is 5.32 Å². The van der Waals surface area contributed by atoms with Crippen molar-refractivity contribution in [3.63, 3.8) is 0 Å². The van der Waals surface area contributed by atoms with Crippen LogP contribution in [0.25, 0.3) is 0 Å². The molecule has 0 amide bonds. The van der Waals surface area contributed by atoms with E-state index in [9.17, 15) is 4.39 Å². The van der Waals surface area contributed by atoms with Gasteiger partial charge in [0.2, 0.25) is 0 Å². The molecule has 0 aliphatic carbocycles. The first-order chi connectivity index (χ1) is 9.99. The Balaban J connectivity index is 2.30. The van der Waals surface area contributed by atoms with E-state index in [1.54, 1.807) is 6.07 Å². The highest BCUT2D eigenvalue weighted by Crippen LogP contribution is 2.25. The molecule has 2 nitrogen and oxygen atoms in total. The quantitative estimate of drug-likeness (QED) is 0.886. The molecule has 1 N–H and O–H groups in total. The highest BCUT2D eigenvalue weighted by Gasteiger charge is 2.14. The van der Waals surface area contributed by atoms with Gasteiger partial charge in [-0.3, -0.25) is 4.98 Å². The molecule has 1 atom stereocenters. The van der Waals surface area contributed by atoms with Crippen LogP contribution in [0.3, 0.4) is 0 Å². The Morgan fingerprint density at radius 1 is 1.19 bits per heavy atom. The third-order valence-electron chi connectivity index (χ3n) is 3.40. The fraction of sp³-hybridized carbons (Fsp3) is 0.353. The van der Waals surface area contributed by atoms with Crippen molar-refractivity contribution in [2.45, 2.75) is 33.2 Å². The molecule has 112 valence electrons. The van der Waals surface area contributed by atoms with Crippen LogP contribution in [0, 0.1) is 19.7 Å². The van der Waals surface area contributed by atoms with Crippen molar-refractivity contribution in [2.75, 3.05) is 6.54 Å². The fourth-order valence-electron chi connectivity index (χ4n) is 2.53. The lowest BCUT2D eigenvalue weighted by Gasteiger charge is -2.20. The molecule has 2 aromatic rings. The second-order valence-corrected chi connectivity index (χ2v) is 5.64. The van der Waals surface area contributed by atoms with E-state index in [1.165, 1.54) is 17.7 Å². The zero-order valence-corrected chi connectivity index (χ0v) is 13.3. The van der Waals surface area contributed by atoms with Crippen LogP contribution in [0.5, 0.6) is 0 Å². The topological polar surface area (TPSA) is 24.9 Å². The smallest absolute Gasteiger partial charge is 0.124 e. The maximum absolute atomic E-state index is 13.2. The first kappa shape index (κ1) is 15.9. The number of aromatic nitrogens is 1. The van der Waals surface area contributed by atoms with Gasteiger partial charge in [0, 0.05) is 22.5 Å². The van der Waals surface area contributed by atoms with E-state index in [-0.39, 0.29) is 11.9 Å². The number of pyridine rings is 1. The number of rotatable bonds is 5. The summed E-state index contributed by atoms with van der Waals surface area (Å²) in [5.41, 5.74) is 4.12. The number of halogens is 2. The zero-order chi connectivity index (χ0) is 15.4. The standard InChI is InChI=1S/C17H20ClFN2/c1-4-20-17(14-7-11(2)21-12(3)8-14)9-13-5-6-15(19)10-16(13)18/h5-8,10,17,20H,4,9H2,1-3H3. The third-order valence-corrected chi connectivity index (χ3v) is 3.75. The lowest BCUT2D eigenvalue weighted by Crippen LogP contribution is -2.23.